The van der Waals surface area contributed by atoms with Gasteiger partial charge < -0.3 is 5.32 Å². The van der Waals surface area contributed by atoms with Gasteiger partial charge in [0.1, 0.15) is 0 Å². The van der Waals surface area contributed by atoms with Crippen LogP contribution in [0.2, 0.25) is 13.3 Å². The van der Waals surface area contributed by atoms with E-state index in [-0.39, 0.29) is 0 Å². The molecule has 0 saturated carbocycles. The van der Waals surface area contributed by atoms with Gasteiger partial charge in [0.15, 0.2) is 0 Å². The molecule has 1 N–H and O–H groups in total. The summed E-state index contributed by atoms with van der Waals surface area (Å²) >= 11 is -0.839. The van der Waals surface area contributed by atoms with Crippen molar-refractivity contribution in [3.63, 3.8) is 0 Å². The van der Waals surface area contributed by atoms with Crippen LogP contribution in [0.5, 0.6) is 0 Å². The fourth-order valence-corrected chi connectivity index (χ4v) is 11.7. The van der Waals surface area contributed by atoms with Crippen LogP contribution < -0.4 is 5.32 Å². The Morgan fingerprint density at radius 2 is 1.11 bits per heavy atom. The molecular weight excluding hydrogens is 325 g/mol. The van der Waals surface area contributed by atoms with Gasteiger partial charge in [-0.05, 0) is 25.9 Å². The number of rotatable bonds is 9. The molecule has 18 heavy (non-hydrogen) atoms. The number of unbranched alkanes of at least 4 members (excludes halogenated alkanes) is 3. The summed E-state index contributed by atoms with van der Waals surface area (Å²) in [5.74, 6) is 0. The molecule has 1 saturated heterocycles. The molecule has 0 aromatic rings. The summed E-state index contributed by atoms with van der Waals surface area (Å²) in [5.41, 5.74) is 0. The molecule has 0 aromatic carbocycles. The first kappa shape index (κ1) is 18.8. The summed E-state index contributed by atoms with van der Waals surface area (Å²) < 4.78 is 5.04. The van der Waals surface area contributed by atoms with Crippen LogP contribution in [0.25, 0.3) is 0 Å². The first-order valence-electron chi connectivity index (χ1n) is 8.39. The SMILES string of the molecule is C1CCNC1.CCC[CH2][Sn]([CH2]CCC)[CH2]CCC. The second-order valence-electron chi connectivity index (χ2n) is 5.52. The van der Waals surface area contributed by atoms with Crippen molar-refractivity contribution in [3.05, 3.63) is 0 Å². The molecule has 1 fully saturated rings. The zero-order valence-corrected chi connectivity index (χ0v) is 16.0. The van der Waals surface area contributed by atoms with Crippen LogP contribution in [0.1, 0.15) is 72.1 Å². The van der Waals surface area contributed by atoms with Crippen LogP contribution in [0, 0.1) is 0 Å². The van der Waals surface area contributed by atoms with E-state index in [9.17, 15) is 0 Å². The number of hydrogen-bond acceptors (Lipinski definition) is 1. The van der Waals surface area contributed by atoms with Crippen LogP contribution in [0.15, 0.2) is 0 Å². The van der Waals surface area contributed by atoms with Crippen molar-refractivity contribution < 1.29 is 0 Å². The minimum atomic E-state index is -0.839. The molecule has 1 aliphatic rings. The Kier molecular flexibility index (Phi) is 16.5. The average Bonchev–Trinajstić information content (AvgIpc) is 2.97. The molecule has 1 nitrogen and oxygen atoms in total. The summed E-state index contributed by atoms with van der Waals surface area (Å²) in [7, 11) is 0. The Balaban J connectivity index is 0.000000473. The third kappa shape index (κ3) is 13.2. The second-order valence-corrected chi connectivity index (χ2v) is 14.1. The molecule has 0 aliphatic carbocycles. The van der Waals surface area contributed by atoms with Gasteiger partial charge in [0.25, 0.3) is 0 Å². The van der Waals surface area contributed by atoms with Crippen LogP contribution in [-0.4, -0.2) is 32.8 Å². The van der Waals surface area contributed by atoms with E-state index in [1.807, 2.05) is 0 Å². The normalized spacial score (nSPS) is 14.7. The fourth-order valence-electron chi connectivity index (χ4n) is 2.28. The van der Waals surface area contributed by atoms with Gasteiger partial charge in [-0.3, -0.25) is 0 Å². The first-order chi connectivity index (χ1) is 8.85. The quantitative estimate of drug-likeness (QED) is 0.553. The van der Waals surface area contributed by atoms with Crippen molar-refractivity contribution in [2.24, 2.45) is 0 Å². The van der Waals surface area contributed by atoms with Crippen LogP contribution in [-0.2, 0) is 0 Å². The van der Waals surface area contributed by atoms with Gasteiger partial charge in [0.2, 0.25) is 0 Å². The summed E-state index contributed by atoms with van der Waals surface area (Å²) in [5, 5.41) is 3.22. The van der Waals surface area contributed by atoms with Gasteiger partial charge in [-0.15, -0.1) is 0 Å². The van der Waals surface area contributed by atoms with E-state index in [0.29, 0.717) is 0 Å². The minimum absolute atomic E-state index is 0.839. The van der Waals surface area contributed by atoms with E-state index in [4.69, 9.17) is 0 Å². The first-order valence-corrected chi connectivity index (χ1v) is 14.4. The number of nitrogens with one attached hydrogen (secondary N) is 1. The Bertz CT molecular complexity index is 119. The predicted molar refractivity (Wildman–Crippen MR) is 87.0 cm³/mol. The fraction of sp³-hybridized carbons (Fsp3) is 1.00. The molecule has 1 radical (unpaired) electrons. The average molecular weight is 361 g/mol. The Morgan fingerprint density at radius 3 is 1.33 bits per heavy atom. The van der Waals surface area contributed by atoms with Crippen molar-refractivity contribution in [3.8, 4) is 0 Å². The molecule has 0 atom stereocenters. The standard InChI is InChI=1S/C4H9N.3C4H9.Sn/c1-2-4-5-3-1;3*1-3-4-2;/h5H,1-4H2;3*1,3-4H2,2H3;. The van der Waals surface area contributed by atoms with Gasteiger partial charge in [-0.2, -0.15) is 0 Å². The van der Waals surface area contributed by atoms with Crippen molar-refractivity contribution in [2.45, 2.75) is 85.4 Å². The predicted octanol–water partition coefficient (Wildman–Crippen LogP) is 5.25. The third-order valence-corrected chi connectivity index (χ3v) is 12.7. The van der Waals surface area contributed by atoms with E-state index >= 15 is 0 Å². The van der Waals surface area contributed by atoms with E-state index in [1.54, 1.807) is 13.3 Å². The molecule has 109 valence electrons. The topological polar surface area (TPSA) is 12.0 Å². The van der Waals surface area contributed by atoms with Crippen LogP contribution in [0.3, 0.4) is 0 Å². The van der Waals surface area contributed by atoms with Crippen molar-refractivity contribution in [1.29, 1.82) is 0 Å². The zero-order chi connectivity index (χ0) is 13.5. The zero-order valence-electron chi connectivity index (χ0n) is 13.2. The maximum atomic E-state index is 3.22. The summed E-state index contributed by atoms with van der Waals surface area (Å²) in [6.07, 6.45) is 11.6. The molecule has 0 aromatic heterocycles. The van der Waals surface area contributed by atoms with E-state index in [0.717, 1.165) is 0 Å². The van der Waals surface area contributed by atoms with Crippen molar-refractivity contribution in [1.82, 2.24) is 5.32 Å². The van der Waals surface area contributed by atoms with E-state index in [2.05, 4.69) is 26.1 Å². The van der Waals surface area contributed by atoms with Gasteiger partial charge in [0.05, 0.1) is 0 Å². The van der Waals surface area contributed by atoms with Gasteiger partial charge in [-0.25, -0.2) is 0 Å². The Labute approximate surface area is 123 Å². The summed E-state index contributed by atoms with van der Waals surface area (Å²) in [4.78, 5) is 0. The monoisotopic (exact) mass is 362 g/mol. The molecular formula is C16H36NSn. The molecule has 0 bridgehead atoms. The van der Waals surface area contributed by atoms with E-state index < -0.39 is 19.8 Å². The molecule has 0 amide bonds. The van der Waals surface area contributed by atoms with Crippen LogP contribution >= 0.6 is 0 Å². The van der Waals surface area contributed by atoms with Gasteiger partial charge in [0, 0.05) is 0 Å². The molecule has 2 heteroatoms. The third-order valence-electron chi connectivity index (χ3n) is 3.61. The van der Waals surface area contributed by atoms with Gasteiger partial charge in [-0.1, -0.05) is 0 Å². The number of hydrogen-bond donors (Lipinski definition) is 1. The molecule has 0 spiro atoms. The Morgan fingerprint density at radius 1 is 0.722 bits per heavy atom. The second kappa shape index (κ2) is 15.8. The maximum absolute atomic E-state index is 3.22. The molecule has 1 heterocycles. The summed E-state index contributed by atoms with van der Waals surface area (Å²) in [6.45, 7) is 9.50. The van der Waals surface area contributed by atoms with Crippen LogP contribution in [0.4, 0.5) is 0 Å². The molecule has 1 rings (SSSR count). The van der Waals surface area contributed by atoms with Gasteiger partial charge >= 0.3 is 92.4 Å². The summed E-state index contributed by atoms with van der Waals surface area (Å²) in [6, 6.07) is 0. The molecule has 1 aliphatic heterocycles. The van der Waals surface area contributed by atoms with Crippen molar-refractivity contribution >= 4 is 19.8 Å². The molecule has 0 unspecified atom stereocenters. The Hall–Kier alpha value is 0.759. The van der Waals surface area contributed by atoms with Crippen molar-refractivity contribution in [2.75, 3.05) is 13.1 Å². The van der Waals surface area contributed by atoms with E-state index in [1.165, 1.54) is 64.5 Å².